The van der Waals surface area contributed by atoms with E-state index < -0.39 is 11.6 Å². The molecular weight excluding hydrogens is 390 g/mol. The van der Waals surface area contributed by atoms with E-state index in [0.29, 0.717) is 36.2 Å². The van der Waals surface area contributed by atoms with Gasteiger partial charge in [-0.05, 0) is 24.5 Å². The molecule has 2 atom stereocenters. The lowest BCUT2D eigenvalue weighted by molar-refractivity contribution is 0.0536. The molecule has 1 fully saturated rings. The molecule has 1 aliphatic heterocycles. The summed E-state index contributed by atoms with van der Waals surface area (Å²) in [5.74, 6) is -0.559. The number of hydrogen-bond acceptors (Lipinski definition) is 6. The fraction of sp³-hybridized carbons (Fsp3) is 0.389. The largest absolute Gasteiger partial charge is 0.381 e. The van der Waals surface area contributed by atoms with E-state index in [9.17, 15) is 8.78 Å². The smallest absolute Gasteiger partial charge is 0.224 e. The van der Waals surface area contributed by atoms with Gasteiger partial charge in [-0.2, -0.15) is 4.98 Å². The normalized spacial score (nSPS) is 19.8. The van der Waals surface area contributed by atoms with Gasteiger partial charge in [0.15, 0.2) is 17.3 Å². The average molecular weight is 409 g/mol. The Balaban J connectivity index is 1.62. The Morgan fingerprint density at radius 1 is 1.25 bits per heavy atom. The number of halogens is 3. The number of aromatic nitrogens is 4. The molecule has 0 unspecified atom stereocenters. The van der Waals surface area contributed by atoms with Crippen LogP contribution in [0.3, 0.4) is 0 Å². The summed E-state index contributed by atoms with van der Waals surface area (Å²) in [6.45, 7) is 3.50. The quantitative estimate of drug-likeness (QED) is 0.682. The van der Waals surface area contributed by atoms with Crippen LogP contribution in [0.25, 0.3) is 11.2 Å². The number of benzene rings is 1. The number of nitrogens with one attached hydrogen (secondary N) is 2. The molecule has 1 saturated heterocycles. The van der Waals surface area contributed by atoms with Crippen molar-refractivity contribution in [2.75, 3.05) is 23.8 Å². The maximum Gasteiger partial charge on any atom is 0.224 e. The fourth-order valence-corrected chi connectivity index (χ4v) is 3.39. The van der Waals surface area contributed by atoms with Gasteiger partial charge < -0.3 is 15.4 Å². The van der Waals surface area contributed by atoms with Gasteiger partial charge in [0.2, 0.25) is 11.9 Å². The van der Waals surface area contributed by atoms with Crippen LogP contribution >= 0.6 is 11.6 Å². The first-order valence-electron chi connectivity index (χ1n) is 8.87. The van der Waals surface area contributed by atoms with Crippen molar-refractivity contribution in [3.8, 4) is 0 Å². The molecule has 148 valence electrons. The minimum absolute atomic E-state index is 0.0190. The fourth-order valence-electron chi connectivity index (χ4n) is 3.20. The zero-order valence-electron chi connectivity index (χ0n) is 15.3. The highest BCUT2D eigenvalue weighted by Gasteiger charge is 2.23. The van der Waals surface area contributed by atoms with Crippen LogP contribution in [0.4, 0.5) is 26.4 Å². The zero-order valence-corrected chi connectivity index (χ0v) is 16.1. The van der Waals surface area contributed by atoms with Crippen molar-refractivity contribution in [1.82, 2.24) is 19.5 Å². The third kappa shape index (κ3) is 3.59. The van der Waals surface area contributed by atoms with E-state index in [1.807, 2.05) is 0 Å². The van der Waals surface area contributed by atoms with Gasteiger partial charge in [-0.1, -0.05) is 18.5 Å². The lowest BCUT2D eigenvalue weighted by Gasteiger charge is -2.29. The Morgan fingerprint density at radius 3 is 2.71 bits per heavy atom. The first-order valence-corrected chi connectivity index (χ1v) is 9.25. The number of anilines is 3. The zero-order chi connectivity index (χ0) is 19.8. The van der Waals surface area contributed by atoms with Gasteiger partial charge in [0.1, 0.15) is 11.2 Å². The first kappa shape index (κ1) is 18.8. The van der Waals surface area contributed by atoms with Crippen LogP contribution < -0.4 is 10.6 Å². The second-order valence-corrected chi connectivity index (χ2v) is 7.29. The molecule has 7 nitrogen and oxygen atoms in total. The van der Waals surface area contributed by atoms with Crippen LogP contribution in [0.2, 0.25) is 5.02 Å². The third-order valence-electron chi connectivity index (χ3n) is 4.81. The van der Waals surface area contributed by atoms with Crippen molar-refractivity contribution in [3.05, 3.63) is 35.0 Å². The highest BCUT2D eigenvalue weighted by molar-refractivity contribution is 6.30. The number of hydrogen-bond donors (Lipinski definition) is 2. The van der Waals surface area contributed by atoms with Crippen molar-refractivity contribution in [3.63, 3.8) is 0 Å². The third-order valence-corrected chi connectivity index (χ3v) is 5.03. The molecular formula is C18H19ClF2N6O. The van der Waals surface area contributed by atoms with Gasteiger partial charge in [-0.15, -0.1) is 0 Å². The summed E-state index contributed by atoms with van der Waals surface area (Å²) in [4.78, 5) is 13.2. The van der Waals surface area contributed by atoms with E-state index in [2.05, 4.69) is 32.5 Å². The molecule has 2 aromatic heterocycles. The van der Waals surface area contributed by atoms with Crippen molar-refractivity contribution < 1.29 is 13.5 Å². The molecule has 3 aromatic rings. The van der Waals surface area contributed by atoms with E-state index in [4.69, 9.17) is 16.3 Å². The number of fused-ring (bicyclic) bond motifs is 1. The lowest BCUT2D eigenvalue weighted by atomic mass is 9.98. The van der Waals surface area contributed by atoms with Crippen LogP contribution in [0, 0.1) is 17.6 Å². The first-order chi connectivity index (χ1) is 13.4. The van der Waals surface area contributed by atoms with Gasteiger partial charge in [-0.3, -0.25) is 4.57 Å². The van der Waals surface area contributed by atoms with Crippen LogP contribution in [-0.2, 0) is 11.8 Å². The molecule has 0 bridgehead atoms. The average Bonchev–Trinajstić information content (AvgIpc) is 2.96. The van der Waals surface area contributed by atoms with Crippen molar-refractivity contribution >= 4 is 40.3 Å². The molecule has 0 saturated carbocycles. The van der Waals surface area contributed by atoms with E-state index in [-0.39, 0.29) is 22.7 Å². The summed E-state index contributed by atoms with van der Waals surface area (Å²) in [5, 5.41) is 5.99. The minimum Gasteiger partial charge on any atom is -0.381 e. The summed E-state index contributed by atoms with van der Waals surface area (Å²) in [6.07, 6.45) is 2.45. The summed E-state index contributed by atoms with van der Waals surface area (Å²) in [6, 6.07) is 2.29. The van der Waals surface area contributed by atoms with E-state index in [0.717, 1.165) is 18.6 Å². The Morgan fingerprint density at radius 2 is 2.00 bits per heavy atom. The topological polar surface area (TPSA) is 76.9 Å². The van der Waals surface area contributed by atoms with Gasteiger partial charge >= 0.3 is 0 Å². The molecule has 0 radical (unpaired) electrons. The van der Waals surface area contributed by atoms with Crippen LogP contribution in [0.1, 0.15) is 13.3 Å². The maximum atomic E-state index is 14.1. The van der Waals surface area contributed by atoms with Crippen molar-refractivity contribution in [1.29, 1.82) is 0 Å². The molecule has 2 N–H and O–H groups in total. The van der Waals surface area contributed by atoms with Crippen molar-refractivity contribution in [2.24, 2.45) is 13.0 Å². The van der Waals surface area contributed by atoms with Gasteiger partial charge in [-0.25, -0.2) is 18.7 Å². The minimum atomic E-state index is -0.806. The summed E-state index contributed by atoms with van der Waals surface area (Å²) >= 11 is 5.67. The van der Waals surface area contributed by atoms with Gasteiger partial charge in [0.25, 0.3) is 0 Å². The monoisotopic (exact) mass is 408 g/mol. The number of ether oxygens (including phenoxy) is 1. The summed E-state index contributed by atoms with van der Waals surface area (Å²) in [5.41, 5.74) is 0.713. The molecule has 4 rings (SSSR count). The lowest BCUT2D eigenvalue weighted by Crippen LogP contribution is -2.36. The molecule has 1 aliphatic rings. The van der Waals surface area contributed by atoms with E-state index >= 15 is 0 Å². The van der Waals surface area contributed by atoms with E-state index in [1.165, 1.54) is 0 Å². The van der Waals surface area contributed by atoms with Crippen LogP contribution in [0.5, 0.6) is 0 Å². The number of rotatable bonds is 4. The molecule has 3 heterocycles. The molecule has 0 spiro atoms. The van der Waals surface area contributed by atoms with E-state index in [1.54, 1.807) is 17.8 Å². The molecule has 28 heavy (non-hydrogen) atoms. The van der Waals surface area contributed by atoms with Gasteiger partial charge in [0, 0.05) is 24.7 Å². The highest BCUT2D eigenvalue weighted by atomic mass is 35.5. The predicted octanol–water partition coefficient (Wildman–Crippen LogP) is 3.88. The highest BCUT2D eigenvalue weighted by Crippen LogP contribution is 2.28. The second kappa shape index (κ2) is 7.48. The predicted molar refractivity (Wildman–Crippen MR) is 103 cm³/mol. The maximum absolute atomic E-state index is 14.1. The SMILES string of the molecule is C[C@@H]1COCC[C@H]1Nc1ncc2nc(Nc3c(F)cc(Cl)cc3F)n(C)c2n1. The Labute approximate surface area is 165 Å². The molecule has 1 aromatic carbocycles. The number of aryl methyl sites for hydroxylation is 1. The van der Waals surface area contributed by atoms with Gasteiger partial charge in [0.05, 0.1) is 12.8 Å². The Bertz CT molecular complexity index is 1000. The molecule has 10 heteroatoms. The van der Waals surface area contributed by atoms with Crippen LogP contribution in [0.15, 0.2) is 18.3 Å². The van der Waals surface area contributed by atoms with Crippen LogP contribution in [-0.4, -0.2) is 38.8 Å². The Hall–Kier alpha value is -2.52. The standard InChI is InChI=1S/C18H19ClF2N6O/c1-9-8-28-4-3-13(9)23-17-22-7-14-16(26-17)27(2)18(24-14)25-15-11(20)5-10(19)6-12(15)21/h5-7,9,13H,3-4,8H2,1-2H3,(H,24,25)(H,22,23,26)/t9-,13-/m1/s1. The number of imidazole rings is 1. The van der Waals surface area contributed by atoms with Crippen molar-refractivity contribution in [2.45, 2.75) is 19.4 Å². The number of nitrogens with zero attached hydrogens (tertiary/aromatic N) is 4. The summed E-state index contributed by atoms with van der Waals surface area (Å²) in [7, 11) is 1.71. The summed E-state index contributed by atoms with van der Waals surface area (Å²) < 4.78 is 35.2. The second-order valence-electron chi connectivity index (χ2n) is 6.86. The molecule has 0 amide bonds. The Kier molecular flexibility index (Phi) is 5.03. The molecule has 0 aliphatic carbocycles.